The van der Waals surface area contributed by atoms with Crippen molar-refractivity contribution in [2.24, 2.45) is 0 Å². The highest BCUT2D eigenvalue weighted by atomic mass is 127. The highest BCUT2D eigenvalue weighted by Crippen LogP contribution is 1.89. The summed E-state index contributed by atoms with van der Waals surface area (Å²) in [6.07, 6.45) is 4.63. The number of carbonyl (C=O) groups excluding carboxylic acids is 1. The maximum absolute atomic E-state index is 11.2. The molecule has 0 aromatic heterocycles. The standard InChI is InChI=1S/C16H30INO7/c17-5-2-8-21-10-12-23-13-11-22-9-3-6-18-14-25-16(20)4-1-7-24-15-19/h1,4,18-19H,2-3,5-15H2/b4-1-. The van der Waals surface area contributed by atoms with E-state index in [9.17, 15) is 4.79 Å². The smallest absolute Gasteiger partial charge is 0.331 e. The molecule has 0 saturated carbocycles. The van der Waals surface area contributed by atoms with Gasteiger partial charge in [-0.1, -0.05) is 28.7 Å². The molecule has 8 nitrogen and oxygen atoms in total. The van der Waals surface area contributed by atoms with Crippen LogP contribution in [0.15, 0.2) is 12.2 Å². The van der Waals surface area contributed by atoms with Crippen molar-refractivity contribution in [2.75, 3.05) is 70.7 Å². The molecule has 0 rings (SSSR count). The highest BCUT2D eigenvalue weighted by Gasteiger charge is 1.96. The number of halogens is 1. The lowest BCUT2D eigenvalue weighted by molar-refractivity contribution is -0.138. The molecule has 0 bridgehead atoms. The van der Waals surface area contributed by atoms with Crippen molar-refractivity contribution in [3.63, 3.8) is 0 Å². The molecule has 0 amide bonds. The van der Waals surface area contributed by atoms with Crippen LogP contribution in [0.1, 0.15) is 12.8 Å². The van der Waals surface area contributed by atoms with Crippen molar-refractivity contribution in [2.45, 2.75) is 12.8 Å². The molecule has 0 aliphatic carbocycles. The van der Waals surface area contributed by atoms with Crippen LogP contribution in [-0.2, 0) is 28.5 Å². The first-order valence-corrected chi connectivity index (χ1v) is 9.85. The van der Waals surface area contributed by atoms with Crippen LogP contribution in [0.4, 0.5) is 0 Å². The van der Waals surface area contributed by atoms with Gasteiger partial charge < -0.3 is 28.8 Å². The second kappa shape index (κ2) is 21.7. The van der Waals surface area contributed by atoms with Crippen LogP contribution in [-0.4, -0.2) is 81.8 Å². The number of ether oxygens (including phenoxy) is 5. The molecule has 0 heterocycles. The van der Waals surface area contributed by atoms with Crippen molar-refractivity contribution in [3.8, 4) is 0 Å². The molecule has 0 aliphatic heterocycles. The Balaban J connectivity index is 3.14. The number of hydrogen-bond acceptors (Lipinski definition) is 8. The van der Waals surface area contributed by atoms with Gasteiger partial charge in [0.2, 0.25) is 0 Å². The van der Waals surface area contributed by atoms with Crippen LogP contribution in [0.5, 0.6) is 0 Å². The molecule has 0 spiro atoms. The minimum atomic E-state index is -0.458. The van der Waals surface area contributed by atoms with E-state index in [0.29, 0.717) is 39.6 Å². The summed E-state index contributed by atoms with van der Waals surface area (Å²) in [6.45, 7) is 4.39. The normalized spacial score (nSPS) is 11.3. The maximum Gasteiger partial charge on any atom is 0.331 e. The van der Waals surface area contributed by atoms with Crippen molar-refractivity contribution in [3.05, 3.63) is 12.2 Å². The first-order valence-electron chi connectivity index (χ1n) is 8.33. The van der Waals surface area contributed by atoms with Crippen molar-refractivity contribution in [1.29, 1.82) is 0 Å². The summed E-state index contributed by atoms with van der Waals surface area (Å²) in [5.41, 5.74) is 0. The van der Waals surface area contributed by atoms with E-state index in [2.05, 4.69) is 32.6 Å². The Hall–Kier alpha value is -0.300. The summed E-state index contributed by atoms with van der Waals surface area (Å²) in [7, 11) is 0. The Morgan fingerprint density at radius 3 is 2.24 bits per heavy atom. The molecule has 148 valence electrons. The third-order valence-corrected chi connectivity index (χ3v) is 3.45. The van der Waals surface area contributed by atoms with Gasteiger partial charge in [-0.25, -0.2) is 4.79 Å². The van der Waals surface area contributed by atoms with Gasteiger partial charge in [-0.15, -0.1) is 0 Å². The van der Waals surface area contributed by atoms with Gasteiger partial charge in [0.15, 0.2) is 0 Å². The number of carbonyl (C=O) groups is 1. The van der Waals surface area contributed by atoms with Crippen LogP contribution < -0.4 is 5.32 Å². The first-order chi connectivity index (χ1) is 12.3. The summed E-state index contributed by atoms with van der Waals surface area (Å²) < 4.78 is 26.8. The Bertz CT molecular complexity index is 319. The van der Waals surface area contributed by atoms with E-state index in [0.717, 1.165) is 23.9 Å². The molecule has 0 fully saturated rings. The maximum atomic E-state index is 11.2. The molecule has 0 radical (unpaired) electrons. The molecule has 9 heteroatoms. The average Bonchev–Trinajstić information content (AvgIpc) is 2.62. The van der Waals surface area contributed by atoms with E-state index < -0.39 is 5.97 Å². The predicted molar refractivity (Wildman–Crippen MR) is 102 cm³/mol. The molecule has 0 unspecified atom stereocenters. The highest BCUT2D eigenvalue weighted by molar-refractivity contribution is 14.1. The third kappa shape index (κ3) is 21.7. The molecular formula is C16H30INO7. The molecule has 25 heavy (non-hydrogen) atoms. The third-order valence-electron chi connectivity index (χ3n) is 2.68. The van der Waals surface area contributed by atoms with Gasteiger partial charge in [-0.2, -0.15) is 0 Å². The van der Waals surface area contributed by atoms with Crippen LogP contribution in [0.25, 0.3) is 0 Å². The Morgan fingerprint density at radius 1 is 0.960 bits per heavy atom. The summed E-state index contributed by atoms with van der Waals surface area (Å²) in [5, 5.41) is 11.4. The van der Waals surface area contributed by atoms with Crippen molar-refractivity contribution in [1.82, 2.24) is 5.32 Å². The number of nitrogens with one attached hydrogen (secondary N) is 1. The molecular weight excluding hydrogens is 445 g/mol. The van der Waals surface area contributed by atoms with E-state index >= 15 is 0 Å². The topological polar surface area (TPSA) is 95.5 Å². The summed E-state index contributed by atoms with van der Waals surface area (Å²) in [6, 6.07) is 0. The summed E-state index contributed by atoms with van der Waals surface area (Å²) in [5.74, 6) is -0.458. The van der Waals surface area contributed by atoms with Crippen molar-refractivity contribution >= 4 is 28.6 Å². The lowest BCUT2D eigenvalue weighted by Crippen LogP contribution is -2.22. The fourth-order valence-electron chi connectivity index (χ4n) is 1.51. The molecule has 0 aromatic rings. The Kier molecular flexibility index (Phi) is 21.5. The van der Waals surface area contributed by atoms with Gasteiger partial charge in [-0.05, 0) is 12.8 Å². The van der Waals surface area contributed by atoms with E-state index in [-0.39, 0.29) is 20.1 Å². The predicted octanol–water partition coefficient (Wildman–Crippen LogP) is 0.864. The number of aliphatic hydroxyl groups excluding tert-OH is 1. The zero-order valence-electron chi connectivity index (χ0n) is 14.6. The lowest BCUT2D eigenvalue weighted by Gasteiger charge is -2.07. The van der Waals surface area contributed by atoms with E-state index in [1.165, 1.54) is 12.2 Å². The lowest BCUT2D eigenvalue weighted by atomic mass is 10.4. The van der Waals surface area contributed by atoms with Gasteiger partial charge in [0, 0.05) is 30.3 Å². The van der Waals surface area contributed by atoms with Gasteiger partial charge in [0.05, 0.1) is 33.0 Å². The zero-order chi connectivity index (χ0) is 18.4. The van der Waals surface area contributed by atoms with Gasteiger partial charge in [0.1, 0.15) is 13.5 Å². The van der Waals surface area contributed by atoms with Crippen LogP contribution in [0.2, 0.25) is 0 Å². The summed E-state index contributed by atoms with van der Waals surface area (Å²) >= 11 is 2.33. The fourth-order valence-corrected chi connectivity index (χ4v) is 1.82. The second-order valence-corrected chi connectivity index (χ2v) is 5.82. The number of esters is 1. The molecule has 0 aliphatic rings. The Labute approximate surface area is 163 Å². The number of rotatable bonds is 19. The Morgan fingerprint density at radius 2 is 1.60 bits per heavy atom. The second-order valence-electron chi connectivity index (χ2n) is 4.74. The fraction of sp³-hybridized carbons (Fsp3) is 0.812. The van der Waals surface area contributed by atoms with Crippen molar-refractivity contribution < 1.29 is 33.6 Å². The SMILES string of the molecule is O=C(/C=C\COCO)OCNCCCOCCOCCOCCCI. The largest absolute Gasteiger partial charge is 0.447 e. The van der Waals surface area contributed by atoms with Crippen LogP contribution in [0, 0.1) is 0 Å². The number of alkyl halides is 1. The molecule has 0 aromatic carbocycles. The van der Waals surface area contributed by atoms with E-state index in [4.69, 9.17) is 24.1 Å². The van der Waals surface area contributed by atoms with Crippen LogP contribution >= 0.6 is 22.6 Å². The minimum absolute atomic E-state index is 0.144. The summed E-state index contributed by atoms with van der Waals surface area (Å²) in [4.78, 5) is 11.2. The molecule has 2 N–H and O–H groups in total. The van der Waals surface area contributed by atoms with Crippen LogP contribution in [0.3, 0.4) is 0 Å². The number of aliphatic hydroxyl groups is 1. The number of hydrogen-bond donors (Lipinski definition) is 2. The first kappa shape index (κ1) is 24.7. The van der Waals surface area contributed by atoms with E-state index in [1.54, 1.807) is 0 Å². The monoisotopic (exact) mass is 475 g/mol. The molecule has 0 saturated heterocycles. The zero-order valence-corrected chi connectivity index (χ0v) is 16.8. The van der Waals surface area contributed by atoms with E-state index in [1.807, 2.05) is 0 Å². The van der Waals surface area contributed by atoms with Gasteiger partial charge in [0.25, 0.3) is 0 Å². The van der Waals surface area contributed by atoms with Gasteiger partial charge >= 0.3 is 5.97 Å². The quantitative estimate of drug-likeness (QED) is 0.0710. The minimum Gasteiger partial charge on any atom is -0.447 e. The average molecular weight is 475 g/mol. The van der Waals surface area contributed by atoms with Gasteiger partial charge in [-0.3, -0.25) is 5.32 Å². The molecule has 0 atom stereocenters.